The summed E-state index contributed by atoms with van der Waals surface area (Å²) in [6.45, 7) is 0.0513. The zero-order valence-corrected chi connectivity index (χ0v) is 14.8. The van der Waals surface area contributed by atoms with E-state index in [4.69, 9.17) is 0 Å². The van der Waals surface area contributed by atoms with Crippen molar-refractivity contribution in [3.8, 4) is 0 Å². The number of carboxylic acids is 1. The summed E-state index contributed by atoms with van der Waals surface area (Å²) in [6.07, 6.45) is 3.79. The Balaban J connectivity index is 1.80. The Labute approximate surface area is 147 Å². The van der Waals surface area contributed by atoms with Crippen LogP contribution >= 0.6 is 0 Å². The van der Waals surface area contributed by atoms with E-state index in [1.807, 2.05) is 0 Å². The van der Waals surface area contributed by atoms with Gasteiger partial charge in [0.1, 0.15) is 0 Å². The second kappa shape index (κ2) is 8.44. The molecule has 0 aromatic heterocycles. The summed E-state index contributed by atoms with van der Waals surface area (Å²) in [5.41, 5.74) is -0.891. The zero-order valence-electron chi connectivity index (χ0n) is 14.0. The van der Waals surface area contributed by atoms with Gasteiger partial charge in [-0.2, -0.15) is 0 Å². The Bertz CT molecular complexity index is 697. The lowest BCUT2D eigenvalue weighted by Crippen LogP contribution is -2.44. The topological polar surface area (TPSA) is 113 Å². The molecule has 25 heavy (non-hydrogen) atoms. The summed E-state index contributed by atoms with van der Waals surface area (Å²) in [7, 11) is -3.64. The molecule has 2 rings (SSSR count). The van der Waals surface area contributed by atoms with Crippen molar-refractivity contribution in [1.29, 1.82) is 0 Å². The molecule has 0 unspecified atom stereocenters. The number of rotatable bonds is 8. The van der Waals surface area contributed by atoms with Crippen molar-refractivity contribution in [3.63, 3.8) is 0 Å². The minimum absolute atomic E-state index is 0.0386. The van der Waals surface area contributed by atoms with E-state index in [1.54, 1.807) is 18.2 Å². The zero-order chi connectivity index (χ0) is 18.3. The number of hydrogen-bond acceptors (Lipinski definition) is 4. The smallest absolute Gasteiger partial charge is 0.311 e. The van der Waals surface area contributed by atoms with Crippen molar-refractivity contribution < 1.29 is 23.1 Å². The summed E-state index contributed by atoms with van der Waals surface area (Å²) in [5.74, 6) is -1.24. The van der Waals surface area contributed by atoms with Crippen LogP contribution in [0.3, 0.4) is 0 Å². The number of amides is 1. The van der Waals surface area contributed by atoms with E-state index < -0.39 is 21.4 Å². The minimum atomic E-state index is -3.64. The summed E-state index contributed by atoms with van der Waals surface area (Å²) < 4.78 is 26.4. The van der Waals surface area contributed by atoms with Gasteiger partial charge in [0, 0.05) is 19.5 Å². The number of hydrogen-bond donors (Lipinski definition) is 3. The van der Waals surface area contributed by atoms with Crippen molar-refractivity contribution in [2.24, 2.45) is 5.41 Å². The molecule has 0 spiro atoms. The van der Waals surface area contributed by atoms with E-state index >= 15 is 0 Å². The normalized spacial score (nSPS) is 17.0. The van der Waals surface area contributed by atoms with Crippen LogP contribution in [0.2, 0.25) is 0 Å². The molecular weight excluding hydrogens is 344 g/mol. The predicted octanol–water partition coefficient (Wildman–Crippen LogP) is 1.51. The molecule has 0 saturated heterocycles. The van der Waals surface area contributed by atoms with Crippen LogP contribution in [0.25, 0.3) is 0 Å². The molecule has 1 aromatic carbocycles. The molecular formula is C17H24N2O5S. The number of carboxylic acid groups (broad SMARTS) is 1. The van der Waals surface area contributed by atoms with Gasteiger partial charge in [-0.05, 0) is 25.0 Å². The lowest BCUT2D eigenvalue weighted by Gasteiger charge is -2.33. The van der Waals surface area contributed by atoms with Crippen molar-refractivity contribution in [1.82, 2.24) is 10.0 Å². The first-order valence-corrected chi connectivity index (χ1v) is 9.89. The number of nitrogens with one attached hydrogen (secondary N) is 2. The second-order valence-corrected chi connectivity index (χ2v) is 8.15. The molecule has 0 atom stereocenters. The van der Waals surface area contributed by atoms with E-state index in [9.17, 15) is 23.1 Å². The first kappa shape index (κ1) is 19.4. The highest BCUT2D eigenvalue weighted by atomic mass is 32.2. The third-order valence-corrected chi connectivity index (χ3v) is 6.06. The van der Waals surface area contributed by atoms with Gasteiger partial charge in [-0.1, -0.05) is 37.5 Å². The van der Waals surface area contributed by atoms with Crippen molar-refractivity contribution in [2.45, 2.75) is 43.4 Å². The molecule has 1 aliphatic carbocycles. The summed E-state index contributed by atoms with van der Waals surface area (Å²) >= 11 is 0. The van der Waals surface area contributed by atoms with E-state index in [1.165, 1.54) is 12.1 Å². The van der Waals surface area contributed by atoms with E-state index in [0.717, 1.165) is 19.3 Å². The summed E-state index contributed by atoms with van der Waals surface area (Å²) in [5, 5.41) is 12.1. The monoisotopic (exact) mass is 368 g/mol. The third-order valence-electron chi connectivity index (χ3n) is 4.59. The number of carbonyl (C=O) groups is 2. The highest BCUT2D eigenvalue weighted by Gasteiger charge is 2.39. The van der Waals surface area contributed by atoms with Crippen LogP contribution in [0.15, 0.2) is 35.2 Å². The average molecular weight is 368 g/mol. The molecule has 1 aliphatic rings. The molecule has 8 heteroatoms. The SMILES string of the molecule is O=C(CCNS(=O)(=O)c1ccccc1)NCC1(C(=O)O)CCCCC1. The lowest BCUT2D eigenvalue weighted by molar-refractivity contribution is -0.151. The molecule has 7 nitrogen and oxygen atoms in total. The fourth-order valence-corrected chi connectivity index (χ4v) is 4.09. The van der Waals surface area contributed by atoms with E-state index in [-0.39, 0.29) is 30.3 Å². The molecule has 0 bridgehead atoms. The molecule has 1 fully saturated rings. The van der Waals surface area contributed by atoms with Gasteiger partial charge in [-0.25, -0.2) is 13.1 Å². The Hall–Kier alpha value is -1.93. The van der Waals surface area contributed by atoms with Crippen LogP contribution in [-0.2, 0) is 19.6 Å². The van der Waals surface area contributed by atoms with Crippen molar-refractivity contribution in [2.75, 3.05) is 13.1 Å². The average Bonchev–Trinajstić information content (AvgIpc) is 2.61. The van der Waals surface area contributed by atoms with Gasteiger partial charge >= 0.3 is 5.97 Å². The van der Waals surface area contributed by atoms with Gasteiger partial charge < -0.3 is 10.4 Å². The Morgan fingerprint density at radius 2 is 1.72 bits per heavy atom. The standard InChI is InChI=1S/C17H24N2O5S/c20-15(18-13-17(16(21)22)10-5-2-6-11-17)9-12-19-25(23,24)14-7-3-1-4-8-14/h1,3-4,7-8,19H,2,5-6,9-13H2,(H,18,20)(H,21,22). The van der Waals surface area contributed by atoms with Gasteiger partial charge in [0.05, 0.1) is 10.3 Å². The molecule has 1 aromatic rings. The van der Waals surface area contributed by atoms with Gasteiger partial charge in [0.2, 0.25) is 15.9 Å². The third kappa shape index (κ3) is 5.27. The molecule has 0 heterocycles. The largest absolute Gasteiger partial charge is 0.481 e. The number of carbonyl (C=O) groups excluding carboxylic acids is 1. The van der Waals surface area contributed by atoms with Crippen LogP contribution in [0.1, 0.15) is 38.5 Å². The maximum Gasteiger partial charge on any atom is 0.311 e. The minimum Gasteiger partial charge on any atom is -0.481 e. The Morgan fingerprint density at radius 3 is 2.32 bits per heavy atom. The van der Waals surface area contributed by atoms with Crippen LogP contribution in [0.4, 0.5) is 0 Å². The molecule has 0 aliphatic heterocycles. The molecule has 138 valence electrons. The number of benzene rings is 1. The fourth-order valence-electron chi connectivity index (χ4n) is 3.03. The first-order valence-electron chi connectivity index (χ1n) is 8.41. The van der Waals surface area contributed by atoms with E-state index in [2.05, 4.69) is 10.0 Å². The van der Waals surface area contributed by atoms with Crippen molar-refractivity contribution in [3.05, 3.63) is 30.3 Å². The van der Waals surface area contributed by atoms with Crippen molar-refractivity contribution >= 4 is 21.9 Å². The maximum absolute atomic E-state index is 12.0. The maximum atomic E-state index is 12.0. The Kier molecular flexibility index (Phi) is 6.55. The van der Waals surface area contributed by atoms with E-state index in [0.29, 0.717) is 12.8 Å². The number of sulfonamides is 1. The van der Waals surface area contributed by atoms with Crippen LogP contribution < -0.4 is 10.0 Å². The number of aliphatic carboxylic acids is 1. The van der Waals surface area contributed by atoms with Crippen LogP contribution in [0.5, 0.6) is 0 Å². The first-order chi connectivity index (χ1) is 11.9. The summed E-state index contributed by atoms with van der Waals surface area (Å²) in [4.78, 5) is 23.6. The highest BCUT2D eigenvalue weighted by molar-refractivity contribution is 7.89. The van der Waals surface area contributed by atoms with Gasteiger partial charge in [0.25, 0.3) is 0 Å². The van der Waals surface area contributed by atoms with Crippen LogP contribution in [-0.4, -0.2) is 38.5 Å². The highest BCUT2D eigenvalue weighted by Crippen LogP contribution is 2.35. The molecule has 1 amide bonds. The molecule has 0 radical (unpaired) electrons. The second-order valence-electron chi connectivity index (χ2n) is 6.38. The molecule has 3 N–H and O–H groups in total. The van der Waals surface area contributed by atoms with Gasteiger partial charge in [-0.15, -0.1) is 0 Å². The van der Waals surface area contributed by atoms with Gasteiger partial charge in [0.15, 0.2) is 0 Å². The summed E-state index contributed by atoms with van der Waals surface area (Å²) in [6, 6.07) is 7.91. The Morgan fingerprint density at radius 1 is 1.08 bits per heavy atom. The predicted molar refractivity (Wildman–Crippen MR) is 92.4 cm³/mol. The van der Waals surface area contributed by atoms with Gasteiger partial charge in [-0.3, -0.25) is 9.59 Å². The lowest BCUT2D eigenvalue weighted by atomic mass is 9.74. The molecule has 1 saturated carbocycles. The van der Waals surface area contributed by atoms with Crippen LogP contribution in [0, 0.1) is 5.41 Å². The quantitative estimate of drug-likeness (QED) is 0.644. The fraction of sp³-hybridized carbons (Fsp3) is 0.529.